The van der Waals surface area contributed by atoms with Crippen molar-refractivity contribution in [2.45, 2.75) is 18.8 Å². The lowest BCUT2D eigenvalue weighted by molar-refractivity contribution is 0.654. The van der Waals surface area contributed by atoms with Gasteiger partial charge in [-0.05, 0) is 12.1 Å². The highest BCUT2D eigenvalue weighted by Crippen LogP contribution is 2.24. The van der Waals surface area contributed by atoms with Crippen molar-refractivity contribution in [1.82, 2.24) is 24.3 Å². The highest BCUT2D eigenvalue weighted by molar-refractivity contribution is 6.35. The lowest BCUT2D eigenvalue weighted by Gasteiger charge is -2.05. The van der Waals surface area contributed by atoms with Crippen molar-refractivity contribution in [3.8, 4) is 0 Å². The van der Waals surface area contributed by atoms with Crippen LogP contribution in [0, 0.1) is 0 Å². The van der Waals surface area contributed by atoms with Crippen LogP contribution < -0.4 is 0 Å². The van der Waals surface area contributed by atoms with Gasteiger partial charge in [0.15, 0.2) is 5.82 Å². The first-order valence-corrected chi connectivity index (χ1v) is 7.14. The smallest absolute Gasteiger partial charge is 0.152 e. The van der Waals surface area contributed by atoms with E-state index in [0.717, 1.165) is 35.6 Å². The minimum absolute atomic E-state index is 0.348. The van der Waals surface area contributed by atoms with Crippen molar-refractivity contribution in [2.24, 2.45) is 7.05 Å². The molecule has 2 aromatic heterocycles. The first kappa shape index (κ1) is 13.4. The maximum absolute atomic E-state index is 6.17. The maximum Gasteiger partial charge on any atom is 0.152 e. The monoisotopic (exact) mass is 309 g/mol. The molecule has 0 atom stereocenters. The molecule has 0 spiro atoms. The van der Waals surface area contributed by atoms with Crippen LogP contribution in [0.5, 0.6) is 0 Å². The van der Waals surface area contributed by atoms with E-state index in [1.807, 2.05) is 25.2 Å². The fraction of sp³-hybridized carbons (Fsp3) is 0.308. The Morgan fingerprint density at radius 2 is 2.15 bits per heavy atom. The van der Waals surface area contributed by atoms with Crippen molar-refractivity contribution in [3.63, 3.8) is 0 Å². The third-order valence-corrected chi connectivity index (χ3v) is 3.68. The van der Waals surface area contributed by atoms with Crippen molar-refractivity contribution in [1.29, 1.82) is 0 Å². The minimum atomic E-state index is 0.348. The van der Waals surface area contributed by atoms with E-state index >= 15 is 0 Å². The SMILES string of the molecule is Cn1cnc(CCn2c(CCl)nc3c(Cl)cccc32)n1. The predicted octanol–water partition coefficient (Wildman–Crippen LogP) is 2.80. The van der Waals surface area contributed by atoms with Crippen molar-refractivity contribution in [2.75, 3.05) is 0 Å². The van der Waals surface area contributed by atoms with E-state index in [9.17, 15) is 0 Å². The molecule has 0 bridgehead atoms. The molecule has 3 rings (SSSR count). The summed E-state index contributed by atoms with van der Waals surface area (Å²) >= 11 is 12.2. The average Bonchev–Trinajstić information content (AvgIpc) is 3.01. The van der Waals surface area contributed by atoms with Crippen LogP contribution in [0.15, 0.2) is 24.5 Å². The summed E-state index contributed by atoms with van der Waals surface area (Å²) in [6.07, 6.45) is 2.42. The van der Waals surface area contributed by atoms with Gasteiger partial charge in [-0.3, -0.25) is 4.68 Å². The van der Waals surface area contributed by atoms with E-state index < -0.39 is 0 Å². The number of imidazole rings is 1. The van der Waals surface area contributed by atoms with Gasteiger partial charge in [0.25, 0.3) is 0 Å². The van der Waals surface area contributed by atoms with Gasteiger partial charge in [-0.2, -0.15) is 5.10 Å². The first-order valence-electron chi connectivity index (χ1n) is 6.23. The molecular weight excluding hydrogens is 297 g/mol. The Morgan fingerprint density at radius 3 is 2.85 bits per heavy atom. The summed E-state index contributed by atoms with van der Waals surface area (Å²) in [4.78, 5) is 8.73. The zero-order valence-corrected chi connectivity index (χ0v) is 12.4. The number of hydrogen-bond acceptors (Lipinski definition) is 3. The Bertz CT molecular complexity index is 746. The highest BCUT2D eigenvalue weighted by Gasteiger charge is 2.12. The molecule has 0 fully saturated rings. The molecule has 0 saturated heterocycles. The van der Waals surface area contributed by atoms with Gasteiger partial charge in [0, 0.05) is 20.0 Å². The summed E-state index contributed by atoms with van der Waals surface area (Å²) in [6.45, 7) is 0.725. The molecule has 0 aliphatic rings. The van der Waals surface area contributed by atoms with Crippen LogP contribution in [-0.4, -0.2) is 24.3 Å². The first-order chi connectivity index (χ1) is 9.69. The Balaban J connectivity index is 1.95. The molecule has 0 N–H and O–H groups in total. The van der Waals surface area contributed by atoms with Crippen LogP contribution in [0.3, 0.4) is 0 Å². The number of nitrogens with zero attached hydrogens (tertiary/aromatic N) is 5. The van der Waals surface area contributed by atoms with Gasteiger partial charge in [0.2, 0.25) is 0 Å². The topological polar surface area (TPSA) is 48.5 Å². The van der Waals surface area contributed by atoms with Gasteiger partial charge in [0.1, 0.15) is 17.7 Å². The zero-order chi connectivity index (χ0) is 14.1. The maximum atomic E-state index is 6.17. The zero-order valence-electron chi connectivity index (χ0n) is 10.9. The second kappa shape index (κ2) is 5.42. The van der Waals surface area contributed by atoms with E-state index in [1.54, 1.807) is 11.0 Å². The van der Waals surface area contributed by atoms with Crippen LogP contribution in [0.4, 0.5) is 0 Å². The summed E-state index contributed by atoms with van der Waals surface area (Å²) in [7, 11) is 1.85. The lowest BCUT2D eigenvalue weighted by Crippen LogP contribution is -2.06. The number of aromatic nitrogens is 5. The Morgan fingerprint density at radius 1 is 1.30 bits per heavy atom. The number of fused-ring (bicyclic) bond motifs is 1. The average molecular weight is 310 g/mol. The lowest BCUT2D eigenvalue weighted by atomic mass is 10.3. The second-order valence-corrected chi connectivity index (χ2v) is 5.18. The molecule has 7 heteroatoms. The summed E-state index contributed by atoms with van der Waals surface area (Å²) in [6, 6.07) is 5.75. The van der Waals surface area contributed by atoms with Gasteiger partial charge in [-0.15, -0.1) is 11.6 Å². The summed E-state index contributed by atoms with van der Waals surface area (Å²) in [5.74, 6) is 1.96. The molecule has 0 radical (unpaired) electrons. The number of hydrogen-bond donors (Lipinski definition) is 0. The molecule has 0 unspecified atom stereocenters. The molecular formula is C13H13Cl2N5. The number of para-hydroxylation sites is 1. The van der Waals surface area contributed by atoms with E-state index in [0.29, 0.717) is 10.9 Å². The van der Waals surface area contributed by atoms with Crippen LogP contribution >= 0.6 is 23.2 Å². The Kier molecular flexibility index (Phi) is 3.63. The number of alkyl halides is 1. The van der Waals surface area contributed by atoms with E-state index in [4.69, 9.17) is 23.2 Å². The highest BCUT2D eigenvalue weighted by atomic mass is 35.5. The van der Waals surface area contributed by atoms with Gasteiger partial charge < -0.3 is 4.57 Å². The number of rotatable bonds is 4. The summed E-state index contributed by atoms with van der Waals surface area (Å²) in [5.41, 5.74) is 1.78. The second-order valence-electron chi connectivity index (χ2n) is 4.51. The number of benzene rings is 1. The van der Waals surface area contributed by atoms with E-state index in [-0.39, 0.29) is 0 Å². The van der Waals surface area contributed by atoms with Crippen molar-refractivity contribution in [3.05, 3.63) is 41.2 Å². The molecule has 0 amide bonds. The van der Waals surface area contributed by atoms with Crippen LogP contribution in [0.1, 0.15) is 11.6 Å². The van der Waals surface area contributed by atoms with Gasteiger partial charge in [-0.1, -0.05) is 17.7 Å². The normalized spacial score (nSPS) is 11.3. The quantitative estimate of drug-likeness (QED) is 0.696. The molecule has 0 saturated carbocycles. The van der Waals surface area contributed by atoms with E-state index in [1.165, 1.54) is 0 Å². The Hall–Kier alpha value is -1.59. The largest absolute Gasteiger partial charge is 0.326 e. The minimum Gasteiger partial charge on any atom is -0.326 e. The van der Waals surface area contributed by atoms with Crippen molar-refractivity contribution >= 4 is 34.2 Å². The molecule has 0 aliphatic carbocycles. The van der Waals surface area contributed by atoms with Gasteiger partial charge in [-0.25, -0.2) is 9.97 Å². The molecule has 1 aromatic carbocycles. The summed E-state index contributed by atoms with van der Waals surface area (Å²) in [5, 5.41) is 4.92. The standard InChI is InChI=1S/C13H13Cl2N5/c1-19-8-16-11(18-19)5-6-20-10-4-2-3-9(15)13(10)17-12(20)7-14/h2-4,8H,5-7H2,1H3. The molecule has 5 nitrogen and oxygen atoms in total. The summed E-state index contributed by atoms with van der Waals surface area (Å²) < 4.78 is 3.77. The third kappa shape index (κ3) is 2.39. The van der Waals surface area contributed by atoms with Crippen LogP contribution in [0.25, 0.3) is 11.0 Å². The molecule has 0 aliphatic heterocycles. The molecule has 3 aromatic rings. The number of halogens is 2. The number of aryl methyl sites for hydroxylation is 3. The van der Waals surface area contributed by atoms with E-state index in [2.05, 4.69) is 19.6 Å². The predicted molar refractivity (Wildman–Crippen MR) is 79.0 cm³/mol. The van der Waals surface area contributed by atoms with Crippen LogP contribution in [-0.2, 0) is 25.9 Å². The van der Waals surface area contributed by atoms with Gasteiger partial charge in [0.05, 0.1) is 16.4 Å². The van der Waals surface area contributed by atoms with Crippen molar-refractivity contribution < 1.29 is 0 Å². The molecule has 20 heavy (non-hydrogen) atoms. The fourth-order valence-corrected chi connectivity index (χ4v) is 2.64. The molecule has 104 valence electrons. The Labute approximate surface area is 126 Å². The third-order valence-electron chi connectivity index (χ3n) is 3.13. The van der Waals surface area contributed by atoms with Gasteiger partial charge >= 0.3 is 0 Å². The van der Waals surface area contributed by atoms with Crippen LogP contribution in [0.2, 0.25) is 5.02 Å². The fourth-order valence-electron chi connectivity index (χ4n) is 2.22. The molecule has 2 heterocycles.